The van der Waals surface area contributed by atoms with Gasteiger partial charge in [0.25, 0.3) is 0 Å². The molecule has 1 aromatic carbocycles. The van der Waals surface area contributed by atoms with Crippen LogP contribution in [0, 0.1) is 13.8 Å². The van der Waals surface area contributed by atoms with Gasteiger partial charge in [0.05, 0.1) is 0 Å². The van der Waals surface area contributed by atoms with Gasteiger partial charge in [-0.05, 0) is 25.0 Å². The Morgan fingerprint density at radius 3 is 1.36 bits per heavy atom. The Balaban J connectivity index is 0.000000791. The predicted molar refractivity (Wildman–Crippen MR) is 57.6 cm³/mol. The molecule has 0 aromatic heterocycles. The summed E-state index contributed by atoms with van der Waals surface area (Å²) in [4.78, 5) is 0. The summed E-state index contributed by atoms with van der Waals surface area (Å²) >= 11 is 0. The van der Waals surface area contributed by atoms with E-state index < -0.39 is 5.75 Å². The van der Waals surface area contributed by atoms with E-state index in [9.17, 15) is 10.2 Å². The largest absolute Gasteiger partial charge is 0.504 e. The van der Waals surface area contributed by atoms with Crippen molar-refractivity contribution in [1.82, 2.24) is 0 Å². The van der Waals surface area contributed by atoms with Crippen LogP contribution in [-0.2, 0) is 0 Å². The van der Waals surface area contributed by atoms with Gasteiger partial charge in [-0.3, -0.25) is 0 Å². The number of benzene rings is 1. The number of rotatable bonds is 0. The summed E-state index contributed by atoms with van der Waals surface area (Å²) in [6.07, 6.45) is 0. The Labute approximate surface area is 85.4 Å². The van der Waals surface area contributed by atoms with Gasteiger partial charge < -0.3 is 15.3 Å². The van der Waals surface area contributed by atoms with Crippen molar-refractivity contribution in [3.8, 4) is 17.2 Å². The normalized spacial score (nSPS) is 9.14. The second kappa shape index (κ2) is 4.79. The van der Waals surface area contributed by atoms with Crippen molar-refractivity contribution in [3.63, 3.8) is 0 Å². The molecule has 0 aliphatic rings. The summed E-state index contributed by atoms with van der Waals surface area (Å²) in [5.41, 5.74) is 1.05. The lowest BCUT2D eigenvalue weighted by Gasteiger charge is -2.11. The molecule has 3 N–H and O–H groups in total. The van der Waals surface area contributed by atoms with Crippen molar-refractivity contribution >= 4 is 13.3 Å². The van der Waals surface area contributed by atoms with Crippen LogP contribution >= 0.6 is 0 Å². The average molecular weight is 194 g/mol. The molecule has 0 saturated heterocycles. The van der Waals surface area contributed by atoms with Gasteiger partial charge in [0.1, 0.15) is 7.85 Å². The van der Waals surface area contributed by atoms with E-state index in [1.165, 1.54) is 0 Å². The Kier molecular flexibility index (Phi) is 4.34. The van der Waals surface area contributed by atoms with Crippen molar-refractivity contribution in [2.75, 3.05) is 0 Å². The van der Waals surface area contributed by atoms with Crippen LogP contribution in [-0.4, -0.2) is 23.2 Å². The molecule has 0 aliphatic heterocycles. The van der Waals surface area contributed by atoms with Crippen LogP contribution in [0.1, 0.15) is 25.0 Å². The Bertz CT molecular complexity index is 230. The first-order chi connectivity index (χ1) is 6.46. The summed E-state index contributed by atoms with van der Waals surface area (Å²) in [7, 11) is 5.52. The van der Waals surface area contributed by atoms with Crippen LogP contribution in [0.4, 0.5) is 0 Å². The predicted octanol–water partition coefficient (Wildman–Crippen LogP) is 1.24. The standard InChI is InChI=1S/C8H9BO3.C2H6/c1-3-5(9)4(2)7(11)8(12)6(3)10;1-2/h10-12H,1-2H3;1-2H3. The Hall–Kier alpha value is -1.32. The molecule has 3 nitrogen and oxygen atoms in total. The van der Waals surface area contributed by atoms with Crippen LogP contribution in [0.3, 0.4) is 0 Å². The smallest absolute Gasteiger partial charge is 0.200 e. The van der Waals surface area contributed by atoms with Gasteiger partial charge in [-0.25, -0.2) is 0 Å². The maximum atomic E-state index is 9.20. The summed E-state index contributed by atoms with van der Waals surface area (Å²) in [6.45, 7) is 7.13. The molecule has 4 heteroatoms. The molecule has 0 unspecified atom stereocenters. The van der Waals surface area contributed by atoms with Crippen LogP contribution < -0.4 is 5.46 Å². The first kappa shape index (κ1) is 12.7. The van der Waals surface area contributed by atoms with Crippen molar-refractivity contribution in [1.29, 1.82) is 0 Å². The van der Waals surface area contributed by atoms with Crippen LogP contribution in [0.25, 0.3) is 0 Å². The number of phenolic OH excluding ortho intramolecular Hbond substituents is 3. The van der Waals surface area contributed by atoms with E-state index in [1.54, 1.807) is 13.8 Å². The van der Waals surface area contributed by atoms with E-state index in [0.29, 0.717) is 16.6 Å². The third kappa shape index (κ3) is 1.95. The van der Waals surface area contributed by atoms with Gasteiger partial charge in [-0.2, -0.15) is 0 Å². The van der Waals surface area contributed by atoms with Gasteiger partial charge >= 0.3 is 0 Å². The topological polar surface area (TPSA) is 60.7 Å². The van der Waals surface area contributed by atoms with Crippen molar-refractivity contribution in [2.24, 2.45) is 0 Å². The molecule has 76 valence electrons. The maximum Gasteiger partial charge on any atom is 0.200 e. The highest BCUT2D eigenvalue weighted by Gasteiger charge is 2.14. The number of hydrogen-bond donors (Lipinski definition) is 3. The number of hydrogen-bond acceptors (Lipinski definition) is 3. The summed E-state index contributed by atoms with van der Waals surface area (Å²) in [5.74, 6) is -1.24. The molecular formula is C10H15BO3. The molecule has 0 bridgehead atoms. The third-order valence-electron chi connectivity index (χ3n) is 1.97. The fourth-order valence-electron chi connectivity index (χ4n) is 1.00. The highest BCUT2D eigenvalue weighted by molar-refractivity contribution is 6.35. The molecule has 0 saturated carbocycles. The molecule has 14 heavy (non-hydrogen) atoms. The Morgan fingerprint density at radius 2 is 1.07 bits per heavy atom. The van der Waals surface area contributed by atoms with Crippen molar-refractivity contribution < 1.29 is 15.3 Å². The zero-order chi connectivity index (χ0) is 11.5. The molecule has 0 spiro atoms. The van der Waals surface area contributed by atoms with E-state index >= 15 is 0 Å². The lowest BCUT2D eigenvalue weighted by molar-refractivity contribution is 0.365. The lowest BCUT2D eigenvalue weighted by atomic mass is 9.85. The van der Waals surface area contributed by atoms with Gasteiger partial charge in [0.2, 0.25) is 5.75 Å². The third-order valence-corrected chi connectivity index (χ3v) is 1.97. The minimum absolute atomic E-state index is 0.294. The average Bonchev–Trinajstić information content (AvgIpc) is 2.24. The summed E-state index contributed by atoms with van der Waals surface area (Å²) in [5, 5.41) is 27.5. The highest BCUT2D eigenvalue weighted by atomic mass is 16.3. The van der Waals surface area contributed by atoms with Gasteiger partial charge in [-0.1, -0.05) is 19.3 Å². The molecule has 0 fully saturated rings. The van der Waals surface area contributed by atoms with Crippen LogP contribution in [0.2, 0.25) is 0 Å². The van der Waals surface area contributed by atoms with E-state index in [1.807, 2.05) is 13.8 Å². The van der Waals surface area contributed by atoms with E-state index in [2.05, 4.69) is 0 Å². The minimum atomic E-state index is -0.515. The monoisotopic (exact) mass is 194 g/mol. The van der Waals surface area contributed by atoms with Crippen molar-refractivity contribution in [2.45, 2.75) is 27.7 Å². The molecule has 0 amide bonds. The SMILES string of the molecule is CC.[B]c1c(C)c(O)c(O)c(O)c1C. The molecule has 0 heterocycles. The zero-order valence-corrected chi connectivity index (χ0v) is 8.92. The minimum Gasteiger partial charge on any atom is -0.504 e. The van der Waals surface area contributed by atoms with Crippen molar-refractivity contribution in [3.05, 3.63) is 11.1 Å². The molecule has 0 aliphatic carbocycles. The van der Waals surface area contributed by atoms with Gasteiger partial charge in [0, 0.05) is 0 Å². The lowest BCUT2D eigenvalue weighted by Crippen LogP contribution is -2.11. The van der Waals surface area contributed by atoms with Crippen LogP contribution in [0.5, 0.6) is 17.2 Å². The first-order valence-electron chi connectivity index (χ1n) is 4.46. The molecule has 1 rings (SSSR count). The zero-order valence-electron chi connectivity index (χ0n) is 8.92. The molecule has 1 aromatic rings. The van der Waals surface area contributed by atoms with E-state index in [-0.39, 0.29) is 11.5 Å². The van der Waals surface area contributed by atoms with Crippen LogP contribution in [0.15, 0.2) is 0 Å². The summed E-state index contributed by atoms with van der Waals surface area (Å²) < 4.78 is 0. The van der Waals surface area contributed by atoms with E-state index in [4.69, 9.17) is 13.0 Å². The fourth-order valence-corrected chi connectivity index (χ4v) is 1.00. The first-order valence-corrected chi connectivity index (χ1v) is 4.46. The number of aromatic hydroxyl groups is 3. The van der Waals surface area contributed by atoms with Gasteiger partial charge in [-0.15, -0.1) is 0 Å². The summed E-state index contributed by atoms with van der Waals surface area (Å²) in [6, 6.07) is 0. The second-order valence-electron chi connectivity index (χ2n) is 2.71. The molecule has 2 radical (unpaired) electrons. The molecular weight excluding hydrogens is 179 g/mol. The Morgan fingerprint density at radius 1 is 0.786 bits per heavy atom. The van der Waals surface area contributed by atoms with Gasteiger partial charge in [0.15, 0.2) is 11.5 Å². The van der Waals surface area contributed by atoms with E-state index in [0.717, 1.165) is 0 Å². The molecule has 0 atom stereocenters. The quantitative estimate of drug-likeness (QED) is 0.430. The second-order valence-corrected chi connectivity index (χ2v) is 2.71. The number of phenols is 3. The highest BCUT2D eigenvalue weighted by Crippen LogP contribution is 2.37. The fraction of sp³-hybridized carbons (Fsp3) is 0.400. The maximum absolute atomic E-state index is 9.20.